The molecule has 39 valence electrons. The summed E-state index contributed by atoms with van der Waals surface area (Å²) in [4.78, 5) is 0. The van der Waals surface area contributed by atoms with Crippen molar-refractivity contribution in [3.05, 3.63) is 29.7 Å². The minimum atomic E-state index is 0. The van der Waals surface area contributed by atoms with E-state index in [2.05, 4.69) is 0 Å². The number of rotatable bonds is 0. The molecule has 6 heavy (non-hydrogen) atoms. The molecule has 0 rings (SSSR count). The van der Waals surface area contributed by atoms with E-state index < -0.39 is 0 Å². The summed E-state index contributed by atoms with van der Waals surface area (Å²) in [5.74, 6) is 0. The van der Waals surface area contributed by atoms with Crippen molar-refractivity contribution in [1.29, 1.82) is 0 Å². The molecule has 0 heterocycles. The summed E-state index contributed by atoms with van der Waals surface area (Å²) in [6, 6.07) is 0. The molecule has 1 radical (unpaired) electrons. The van der Waals surface area contributed by atoms with Crippen molar-refractivity contribution in [3.8, 4) is 0 Å². The second-order valence-corrected chi connectivity index (χ2v) is 0. The Morgan fingerprint density at radius 1 is 0.500 bits per heavy atom. The summed E-state index contributed by atoms with van der Waals surface area (Å²) in [7, 11) is 0. The van der Waals surface area contributed by atoms with Crippen molar-refractivity contribution in [2.75, 3.05) is 0 Å². The molecule has 0 saturated heterocycles. The fraction of sp³-hybridized carbons (Fsp3) is 0. The van der Waals surface area contributed by atoms with Crippen LogP contribution < -0.4 is 0 Å². The van der Waals surface area contributed by atoms with Crippen LogP contribution in [0.4, 0.5) is 0 Å². The second kappa shape index (κ2) is 108. The maximum absolute atomic E-state index is 0. The first-order chi connectivity index (χ1) is 0. The molecule has 0 spiro atoms. The first kappa shape index (κ1) is 177. The normalized spacial score (nSPS) is 0. The van der Waals surface area contributed by atoms with Crippen LogP contribution in [0.25, 0.3) is 0 Å². The molecule has 0 aliphatic carbocycles. The van der Waals surface area contributed by atoms with Crippen molar-refractivity contribution in [2.45, 2.75) is 0 Å². The molecule has 0 aliphatic heterocycles. The minimum Gasteiger partial charge on any atom is -0.358 e. The van der Waals surface area contributed by atoms with Crippen LogP contribution in [-0.4, -0.2) is 0 Å². The van der Waals surface area contributed by atoms with Crippen LogP contribution in [0.5, 0.6) is 0 Å². The van der Waals surface area contributed by atoms with Crippen molar-refractivity contribution in [3.63, 3.8) is 0 Å². The van der Waals surface area contributed by atoms with Crippen molar-refractivity contribution >= 4 is 0 Å². The van der Waals surface area contributed by atoms with Gasteiger partial charge >= 0.3 is 39.6 Å². The Balaban J connectivity index is 0. The largest absolute Gasteiger partial charge is 2.00 e. The molecule has 0 N–H and O–H groups in total. The van der Waals surface area contributed by atoms with Crippen molar-refractivity contribution in [1.82, 2.24) is 0 Å². The zero-order chi connectivity index (χ0) is 0. The molecule has 0 aliphatic rings. The van der Waals surface area contributed by atoms with Gasteiger partial charge in [0.1, 0.15) is 0 Å². The van der Waals surface area contributed by atoms with Crippen LogP contribution >= 0.6 is 0 Å². The molecule has 0 fully saturated rings. The van der Waals surface area contributed by atoms with E-state index in [1.807, 2.05) is 0 Å². The SMILES string of the molecule is [CH3-].[CH3-].[CH3-].[CH3-].[V+2].[W+2]. The first-order valence-corrected chi connectivity index (χ1v) is 0. The van der Waals surface area contributed by atoms with E-state index in [-0.39, 0.29) is 69.3 Å². The topological polar surface area (TPSA) is 0 Å². The van der Waals surface area contributed by atoms with E-state index in [0.717, 1.165) is 0 Å². The zero-order valence-electron chi connectivity index (χ0n) is 4.86. The molecule has 0 aromatic carbocycles. The van der Waals surface area contributed by atoms with Gasteiger partial charge in [0.2, 0.25) is 0 Å². The van der Waals surface area contributed by atoms with E-state index in [0.29, 0.717) is 0 Å². The molecule has 0 bridgehead atoms. The molecule has 0 saturated carbocycles. The molecule has 0 atom stereocenters. The summed E-state index contributed by atoms with van der Waals surface area (Å²) in [6.45, 7) is 0. The molecular weight excluding hydrogens is 283 g/mol. The van der Waals surface area contributed by atoms with Gasteiger partial charge in [0.25, 0.3) is 0 Å². The third kappa shape index (κ3) is 59.4. The average Bonchev–Trinajstić information content (AvgIpc) is 0. The predicted octanol–water partition coefficient (Wildman–Crippen LogP) is 1.80. The van der Waals surface area contributed by atoms with Crippen molar-refractivity contribution in [2.24, 2.45) is 0 Å². The van der Waals surface area contributed by atoms with Gasteiger partial charge in [-0.2, -0.15) is 0 Å². The van der Waals surface area contributed by atoms with E-state index in [9.17, 15) is 0 Å². The van der Waals surface area contributed by atoms with Gasteiger partial charge in [-0.05, 0) is 0 Å². The monoisotopic (exact) mass is 295 g/mol. The summed E-state index contributed by atoms with van der Waals surface area (Å²) >= 11 is 0. The third-order valence-corrected chi connectivity index (χ3v) is 0. The molecular formula is C4H12VW. The Bertz CT molecular complexity index is 7.51. The van der Waals surface area contributed by atoms with Gasteiger partial charge in [-0.15, -0.1) is 0 Å². The van der Waals surface area contributed by atoms with Crippen LogP contribution in [-0.2, 0) is 39.6 Å². The number of hydrogen-bond acceptors (Lipinski definition) is 0. The minimum absolute atomic E-state index is 0. The number of hydrogen-bond donors (Lipinski definition) is 0. The maximum Gasteiger partial charge on any atom is 2.00 e. The quantitative estimate of drug-likeness (QED) is 0.598. The summed E-state index contributed by atoms with van der Waals surface area (Å²) < 4.78 is 0. The Morgan fingerprint density at radius 3 is 0.500 bits per heavy atom. The van der Waals surface area contributed by atoms with Crippen LogP contribution in [0.2, 0.25) is 0 Å². The molecule has 0 unspecified atom stereocenters. The average molecular weight is 295 g/mol. The summed E-state index contributed by atoms with van der Waals surface area (Å²) in [5, 5.41) is 0. The van der Waals surface area contributed by atoms with Gasteiger partial charge in [-0.25, -0.2) is 0 Å². The van der Waals surface area contributed by atoms with Crippen molar-refractivity contribution < 1.29 is 39.6 Å². The zero-order valence-corrected chi connectivity index (χ0v) is 9.19. The van der Waals surface area contributed by atoms with Crippen LogP contribution in [0.1, 0.15) is 0 Å². The Hall–Kier alpha value is 1.27. The fourth-order valence-electron chi connectivity index (χ4n) is 0. The van der Waals surface area contributed by atoms with E-state index in [1.54, 1.807) is 0 Å². The van der Waals surface area contributed by atoms with Crippen LogP contribution in [0.3, 0.4) is 0 Å². The van der Waals surface area contributed by atoms with E-state index >= 15 is 0 Å². The Kier molecular flexibility index (Phi) is 3170. The van der Waals surface area contributed by atoms with E-state index in [4.69, 9.17) is 0 Å². The first-order valence-electron chi connectivity index (χ1n) is 0. The fourth-order valence-corrected chi connectivity index (χ4v) is 0. The maximum atomic E-state index is 0. The van der Waals surface area contributed by atoms with Crippen LogP contribution in [0, 0.1) is 29.7 Å². The van der Waals surface area contributed by atoms with Gasteiger partial charge in [0.05, 0.1) is 0 Å². The summed E-state index contributed by atoms with van der Waals surface area (Å²) in [6.07, 6.45) is 0. The molecule has 2 heteroatoms. The third-order valence-electron chi connectivity index (χ3n) is 0. The standard InChI is InChI=1S/4CH3.V.W/h4*1H3;;/q4*-1;2*+2. The smallest absolute Gasteiger partial charge is 0.358 e. The molecule has 0 nitrogen and oxygen atoms in total. The summed E-state index contributed by atoms with van der Waals surface area (Å²) in [5.41, 5.74) is 0. The van der Waals surface area contributed by atoms with Gasteiger partial charge in [-0.3, -0.25) is 0 Å². The molecule has 0 amide bonds. The van der Waals surface area contributed by atoms with Gasteiger partial charge in [0, 0.05) is 0 Å². The Labute approximate surface area is 69.2 Å². The molecule has 0 aromatic heterocycles. The van der Waals surface area contributed by atoms with Gasteiger partial charge < -0.3 is 29.7 Å². The Morgan fingerprint density at radius 2 is 0.500 bits per heavy atom. The van der Waals surface area contributed by atoms with Crippen LogP contribution in [0.15, 0.2) is 0 Å². The second-order valence-electron chi connectivity index (χ2n) is 0. The van der Waals surface area contributed by atoms with E-state index in [1.165, 1.54) is 0 Å². The van der Waals surface area contributed by atoms with Gasteiger partial charge in [0.15, 0.2) is 0 Å². The molecule has 0 aromatic rings. The predicted molar refractivity (Wildman–Crippen MR) is 25.7 cm³/mol. The van der Waals surface area contributed by atoms with Gasteiger partial charge in [-0.1, -0.05) is 0 Å².